The number of halogens is 1. The molecule has 0 spiro atoms. The number of aryl methyl sites for hydroxylation is 3. The molecule has 4 aromatic rings. The fraction of sp³-hybridized carbons (Fsp3) is 0.233. The van der Waals surface area contributed by atoms with Crippen molar-refractivity contribution < 1.29 is 25.5 Å². The van der Waals surface area contributed by atoms with Crippen molar-refractivity contribution in [1.29, 1.82) is 0 Å². The van der Waals surface area contributed by atoms with Crippen molar-refractivity contribution in [2.24, 2.45) is 5.92 Å². The van der Waals surface area contributed by atoms with E-state index in [1.54, 1.807) is 24.3 Å². The van der Waals surface area contributed by atoms with Crippen LogP contribution in [0.4, 0.5) is 0 Å². The van der Waals surface area contributed by atoms with Crippen LogP contribution in [0.2, 0.25) is 5.02 Å². The van der Waals surface area contributed by atoms with Crippen LogP contribution in [-0.2, 0) is 10.0 Å². The number of amides is 1. The largest absolute Gasteiger partial charge is 0.492 e. The van der Waals surface area contributed by atoms with E-state index in [0.29, 0.717) is 34.4 Å². The van der Waals surface area contributed by atoms with E-state index in [9.17, 15) is 18.0 Å². The van der Waals surface area contributed by atoms with Crippen molar-refractivity contribution in [3.63, 3.8) is 0 Å². The Labute approximate surface area is 246 Å². The Kier molecular flexibility index (Phi) is 8.84. The first-order chi connectivity index (χ1) is 19.4. The molecule has 4 rings (SSSR count). The summed E-state index contributed by atoms with van der Waals surface area (Å²) in [5, 5.41) is 0.439. The number of rotatable bonds is 9. The number of carbonyl (C=O) groups is 1. The quantitative estimate of drug-likeness (QED) is 0.226. The lowest BCUT2D eigenvalue weighted by atomic mass is 10.1. The maximum absolute atomic E-state index is 13.3. The van der Waals surface area contributed by atoms with Gasteiger partial charge in [-0.05, 0) is 74.2 Å². The van der Waals surface area contributed by atoms with Crippen molar-refractivity contribution in [2.45, 2.75) is 39.5 Å². The molecule has 41 heavy (non-hydrogen) atoms. The smallest absolute Gasteiger partial charge is 0.270 e. The number of ether oxygens (including phenoxy) is 2. The van der Waals surface area contributed by atoms with Crippen molar-refractivity contribution in [3.05, 3.63) is 98.4 Å². The van der Waals surface area contributed by atoms with E-state index < -0.39 is 26.4 Å². The molecule has 0 fully saturated rings. The van der Waals surface area contributed by atoms with Gasteiger partial charge in [-0.25, -0.2) is 18.1 Å². The van der Waals surface area contributed by atoms with Crippen molar-refractivity contribution in [2.75, 3.05) is 6.61 Å². The minimum Gasteiger partial charge on any atom is -0.492 e. The summed E-state index contributed by atoms with van der Waals surface area (Å²) in [6, 6.07) is 14.5. The SMILES string of the molecule is Cc1cc(C)c(Oc2nc(-c3ccc(Cl)c(OCC(C)C)c3)ccc2C(=O)NS(=O)(=O)c2ccc[nH]c2=O)c(C)c1.[HH].[HH]. The summed E-state index contributed by atoms with van der Waals surface area (Å²) in [5.74, 6) is 0.116. The van der Waals surface area contributed by atoms with Crippen LogP contribution in [-0.4, -0.2) is 30.9 Å². The van der Waals surface area contributed by atoms with Crippen LogP contribution in [0.5, 0.6) is 17.4 Å². The minimum absolute atomic E-state index is 0. The molecule has 0 saturated carbocycles. The van der Waals surface area contributed by atoms with Gasteiger partial charge in [0.2, 0.25) is 5.88 Å². The fourth-order valence-corrected chi connectivity index (χ4v) is 5.35. The predicted octanol–water partition coefficient (Wildman–Crippen LogP) is 6.45. The van der Waals surface area contributed by atoms with Gasteiger partial charge in [0, 0.05) is 14.6 Å². The average molecular weight is 600 g/mol. The molecular formula is C30H34ClN3O6S. The van der Waals surface area contributed by atoms with Crippen LogP contribution in [0, 0.1) is 26.7 Å². The molecule has 2 heterocycles. The number of H-pyrrole nitrogens is 1. The lowest BCUT2D eigenvalue weighted by molar-refractivity contribution is 0.0978. The van der Waals surface area contributed by atoms with Crippen LogP contribution < -0.4 is 19.8 Å². The molecule has 2 N–H and O–H groups in total. The maximum atomic E-state index is 13.3. The third-order valence-corrected chi connectivity index (χ3v) is 7.67. The molecule has 0 saturated heterocycles. The van der Waals surface area contributed by atoms with E-state index in [-0.39, 0.29) is 20.2 Å². The molecule has 2 aromatic heterocycles. The Morgan fingerprint density at radius 1 is 1.07 bits per heavy atom. The predicted molar refractivity (Wildman–Crippen MR) is 162 cm³/mol. The van der Waals surface area contributed by atoms with Crippen LogP contribution in [0.25, 0.3) is 11.3 Å². The summed E-state index contributed by atoms with van der Waals surface area (Å²) < 4.78 is 39.8. The van der Waals surface area contributed by atoms with Gasteiger partial charge in [0.05, 0.1) is 17.3 Å². The molecule has 0 atom stereocenters. The zero-order valence-corrected chi connectivity index (χ0v) is 24.8. The molecule has 0 radical (unpaired) electrons. The molecule has 0 unspecified atom stereocenters. The molecule has 0 aliphatic heterocycles. The molecule has 0 bridgehead atoms. The number of hydrogen-bond donors (Lipinski definition) is 2. The summed E-state index contributed by atoms with van der Waals surface area (Å²) >= 11 is 6.34. The van der Waals surface area contributed by atoms with Crippen LogP contribution in [0.15, 0.2) is 70.5 Å². The van der Waals surface area contributed by atoms with Crippen molar-refractivity contribution in [1.82, 2.24) is 14.7 Å². The Morgan fingerprint density at radius 3 is 2.44 bits per heavy atom. The van der Waals surface area contributed by atoms with Gasteiger partial charge in [-0.1, -0.05) is 49.2 Å². The number of nitrogens with one attached hydrogen (secondary N) is 2. The van der Waals surface area contributed by atoms with Crippen LogP contribution in [0.3, 0.4) is 0 Å². The van der Waals surface area contributed by atoms with Gasteiger partial charge >= 0.3 is 0 Å². The number of carbonyl (C=O) groups excluding carboxylic acids is 1. The second kappa shape index (κ2) is 12.2. The normalized spacial score (nSPS) is 11.4. The van der Waals surface area contributed by atoms with E-state index in [1.165, 1.54) is 18.3 Å². The number of pyridine rings is 2. The fourth-order valence-electron chi connectivity index (χ4n) is 4.16. The van der Waals surface area contributed by atoms with Gasteiger partial charge in [0.25, 0.3) is 21.5 Å². The number of benzene rings is 2. The maximum Gasteiger partial charge on any atom is 0.270 e. The molecule has 11 heteroatoms. The van der Waals surface area contributed by atoms with Gasteiger partial charge in [-0.3, -0.25) is 9.59 Å². The first-order valence-corrected chi connectivity index (χ1v) is 14.7. The van der Waals surface area contributed by atoms with Gasteiger partial charge in [0.15, 0.2) is 4.90 Å². The molecule has 2 aromatic carbocycles. The Morgan fingerprint density at radius 2 is 1.78 bits per heavy atom. The highest BCUT2D eigenvalue weighted by Crippen LogP contribution is 2.35. The monoisotopic (exact) mass is 599 g/mol. The Balaban J connectivity index is 0.00000323. The van der Waals surface area contributed by atoms with Crippen LogP contribution in [0.1, 0.15) is 43.7 Å². The topological polar surface area (TPSA) is 127 Å². The van der Waals surface area contributed by atoms with E-state index in [1.807, 2.05) is 51.5 Å². The van der Waals surface area contributed by atoms with E-state index in [0.717, 1.165) is 22.8 Å². The molecule has 1 amide bonds. The third kappa shape index (κ3) is 6.96. The molecule has 9 nitrogen and oxygen atoms in total. The van der Waals surface area contributed by atoms with E-state index in [2.05, 4.69) is 9.97 Å². The minimum atomic E-state index is -4.49. The average Bonchev–Trinajstić information content (AvgIpc) is 2.90. The third-order valence-electron chi connectivity index (χ3n) is 6.01. The summed E-state index contributed by atoms with van der Waals surface area (Å²) in [7, 11) is -4.49. The Hall–Kier alpha value is -4.15. The molecule has 0 aliphatic carbocycles. The standard InChI is InChI=1S/C30H30ClN3O6S.2H2/c1-17(2)16-39-25-15-21(8-10-23(25)31)24-11-9-22(28(35)34-41(37,38)26-7-6-12-32-29(26)36)30(33-24)40-27-19(4)13-18(3)14-20(27)5;;/h6-15,17H,16H2,1-5H3,(H,32,36)(H,34,35);2*1H. The number of nitrogens with zero attached hydrogens (tertiary/aromatic N) is 1. The van der Waals surface area contributed by atoms with Crippen molar-refractivity contribution in [3.8, 4) is 28.6 Å². The highest BCUT2D eigenvalue weighted by Gasteiger charge is 2.25. The number of aromatic amines is 1. The summed E-state index contributed by atoms with van der Waals surface area (Å²) in [5.41, 5.74) is 2.72. The van der Waals surface area contributed by atoms with Crippen molar-refractivity contribution >= 4 is 27.5 Å². The summed E-state index contributed by atoms with van der Waals surface area (Å²) in [4.78, 5) is 31.7. The lowest BCUT2D eigenvalue weighted by Gasteiger charge is -2.16. The Bertz CT molecular complexity index is 1770. The van der Waals surface area contributed by atoms with Crippen LogP contribution >= 0.6 is 11.6 Å². The highest BCUT2D eigenvalue weighted by atomic mass is 35.5. The second-order valence-electron chi connectivity index (χ2n) is 10.0. The van der Waals surface area contributed by atoms with E-state index >= 15 is 0 Å². The summed E-state index contributed by atoms with van der Waals surface area (Å²) in [6.07, 6.45) is 1.29. The van der Waals surface area contributed by atoms with Gasteiger partial charge in [-0.15, -0.1) is 0 Å². The number of sulfonamides is 1. The van der Waals surface area contributed by atoms with Gasteiger partial charge in [-0.2, -0.15) is 0 Å². The lowest BCUT2D eigenvalue weighted by Crippen LogP contribution is -2.34. The van der Waals surface area contributed by atoms with E-state index in [4.69, 9.17) is 21.1 Å². The number of hydrogen-bond acceptors (Lipinski definition) is 7. The van der Waals surface area contributed by atoms with Gasteiger partial charge in [0.1, 0.15) is 17.1 Å². The number of aromatic nitrogens is 2. The zero-order chi connectivity index (χ0) is 29.9. The first-order valence-electron chi connectivity index (χ1n) is 12.8. The molecule has 218 valence electrons. The molecular weight excluding hydrogens is 566 g/mol. The molecule has 0 aliphatic rings. The first kappa shape index (κ1) is 29.8. The zero-order valence-electron chi connectivity index (χ0n) is 23.2. The second-order valence-corrected chi connectivity index (χ2v) is 12.1. The summed E-state index contributed by atoms with van der Waals surface area (Å²) in [6.45, 7) is 10.2. The highest BCUT2D eigenvalue weighted by molar-refractivity contribution is 7.90. The van der Waals surface area contributed by atoms with Gasteiger partial charge < -0.3 is 14.5 Å².